The predicted molar refractivity (Wildman–Crippen MR) is 62.7 cm³/mol. The van der Waals surface area contributed by atoms with Crippen LogP contribution < -0.4 is 10.6 Å². The van der Waals surface area contributed by atoms with Gasteiger partial charge in [0, 0.05) is 32.2 Å². The van der Waals surface area contributed by atoms with E-state index >= 15 is 0 Å². The third kappa shape index (κ3) is 2.81. The van der Waals surface area contributed by atoms with E-state index in [0.717, 1.165) is 11.4 Å². The number of urea groups is 1. The van der Waals surface area contributed by atoms with Crippen LogP contribution in [-0.4, -0.2) is 27.8 Å². The van der Waals surface area contributed by atoms with Crippen LogP contribution in [0.25, 0.3) is 5.82 Å². The fourth-order valence-electron chi connectivity index (χ4n) is 1.37. The van der Waals surface area contributed by atoms with Gasteiger partial charge in [-0.05, 0) is 23.8 Å². The predicted octanol–water partition coefficient (Wildman–Crippen LogP) is 0.696. The summed E-state index contributed by atoms with van der Waals surface area (Å²) in [6.07, 6.45) is 5.20. The quantitative estimate of drug-likeness (QED) is 0.816. The first-order valence-corrected chi connectivity index (χ1v) is 5.20. The van der Waals surface area contributed by atoms with E-state index in [1.165, 1.54) is 0 Å². The minimum absolute atomic E-state index is 0.206. The molecule has 6 heteroatoms. The molecule has 2 amide bonds. The van der Waals surface area contributed by atoms with Crippen molar-refractivity contribution in [1.29, 1.82) is 0 Å². The van der Waals surface area contributed by atoms with Gasteiger partial charge in [-0.3, -0.25) is 0 Å². The Hall–Kier alpha value is -2.37. The molecule has 0 spiro atoms. The van der Waals surface area contributed by atoms with E-state index in [-0.39, 0.29) is 6.03 Å². The van der Waals surface area contributed by atoms with Gasteiger partial charge >= 0.3 is 6.03 Å². The summed E-state index contributed by atoms with van der Waals surface area (Å²) in [6, 6.07) is 5.35. The lowest BCUT2D eigenvalue weighted by Crippen LogP contribution is -2.32. The number of hydrogen-bond acceptors (Lipinski definition) is 3. The Balaban J connectivity index is 2.09. The molecular weight excluding hydrogens is 218 g/mol. The second-order valence-corrected chi connectivity index (χ2v) is 3.41. The molecule has 0 aliphatic carbocycles. The first-order valence-electron chi connectivity index (χ1n) is 5.20. The molecule has 0 aliphatic heterocycles. The smallest absolute Gasteiger partial charge is 0.314 e. The monoisotopic (exact) mass is 231 g/mol. The SMILES string of the molecule is CNC(=O)NCc1ccnc(-n2cccn2)c1. The third-order valence-corrected chi connectivity index (χ3v) is 2.23. The van der Waals surface area contributed by atoms with Crippen molar-refractivity contribution in [3.63, 3.8) is 0 Å². The summed E-state index contributed by atoms with van der Waals surface area (Å²) in [4.78, 5) is 15.2. The molecule has 0 aliphatic rings. The zero-order chi connectivity index (χ0) is 12.1. The number of hydrogen-bond donors (Lipinski definition) is 2. The van der Waals surface area contributed by atoms with Gasteiger partial charge in [-0.15, -0.1) is 0 Å². The highest BCUT2D eigenvalue weighted by Gasteiger charge is 2.01. The summed E-state index contributed by atoms with van der Waals surface area (Å²) < 4.78 is 1.67. The van der Waals surface area contributed by atoms with Gasteiger partial charge in [0.1, 0.15) is 0 Å². The van der Waals surface area contributed by atoms with E-state index in [4.69, 9.17) is 0 Å². The van der Waals surface area contributed by atoms with Gasteiger partial charge in [0.05, 0.1) is 0 Å². The molecule has 0 saturated heterocycles. The molecule has 17 heavy (non-hydrogen) atoms. The number of pyridine rings is 1. The van der Waals surface area contributed by atoms with E-state index in [0.29, 0.717) is 6.54 Å². The maximum absolute atomic E-state index is 11.0. The third-order valence-electron chi connectivity index (χ3n) is 2.23. The number of amides is 2. The molecular formula is C11H13N5O. The van der Waals surface area contributed by atoms with E-state index < -0.39 is 0 Å². The number of carbonyl (C=O) groups is 1. The van der Waals surface area contributed by atoms with Crippen LogP contribution in [0.1, 0.15) is 5.56 Å². The van der Waals surface area contributed by atoms with Crippen molar-refractivity contribution < 1.29 is 4.79 Å². The van der Waals surface area contributed by atoms with Crippen LogP contribution in [0.3, 0.4) is 0 Å². The second kappa shape index (κ2) is 5.11. The van der Waals surface area contributed by atoms with Crippen LogP contribution in [0.4, 0.5) is 4.79 Å². The van der Waals surface area contributed by atoms with Crippen LogP contribution in [-0.2, 0) is 6.54 Å². The Morgan fingerprint density at radius 1 is 1.47 bits per heavy atom. The largest absolute Gasteiger partial charge is 0.341 e. The molecule has 0 unspecified atom stereocenters. The van der Waals surface area contributed by atoms with Crippen molar-refractivity contribution in [3.8, 4) is 5.82 Å². The van der Waals surface area contributed by atoms with Gasteiger partial charge in [-0.2, -0.15) is 5.10 Å². The number of aromatic nitrogens is 3. The molecule has 0 bridgehead atoms. The van der Waals surface area contributed by atoms with E-state index in [9.17, 15) is 4.79 Å². The molecule has 88 valence electrons. The number of carbonyl (C=O) groups excluding carboxylic acids is 1. The highest BCUT2D eigenvalue weighted by atomic mass is 16.2. The molecule has 0 saturated carbocycles. The average molecular weight is 231 g/mol. The Morgan fingerprint density at radius 3 is 3.06 bits per heavy atom. The molecule has 0 radical (unpaired) electrons. The Bertz CT molecular complexity index is 494. The first kappa shape index (κ1) is 11.1. The minimum Gasteiger partial charge on any atom is -0.341 e. The van der Waals surface area contributed by atoms with Gasteiger partial charge in [-0.1, -0.05) is 0 Å². The van der Waals surface area contributed by atoms with Crippen LogP contribution in [0.5, 0.6) is 0 Å². The molecule has 2 N–H and O–H groups in total. The highest BCUT2D eigenvalue weighted by Crippen LogP contribution is 2.05. The fraction of sp³-hybridized carbons (Fsp3) is 0.182. The zero-order valence-corrected chi connectivity index (χ0v) is 9.42. The maximum Gasteiger partial charge on any atom is 0.314 e. The summed E-state index contributed by atoms with van der Waals surface area (Å²) in [5.74, 6) is 0.728. The number of rotatable bonds is 3. The van der Waals surface area contributed by atoms with Crippen molar-refractivity contribution in [1.82, 2.24) is 25.4 Å². The summed E-state index contributed by atoms with van der Waals surface area (Å²) >= 11 is 0. The first-order chi connectivity index (χ1) is 8.29. The number of nitrogens with one attached hydrogen (secondary N) is 2. The molecule has 6 nitrogen and oxygen atoms in total. The Labute approximate surface area is 98.7 Å². The second-order valence-electron chi connectivity index (χ2n) is 3.41. The van der Waals surface area contributed by atoms with Gasteiger partial charge in [0.2, 0.25) is 0 Å². The molecule has 0 atom stereocenters. The van der Waals surface area contributed by atoms with E-state index in [1.54, 1.807) is 24.1 Å². The van der Waals surface area contributed by atoms with Gasteiger partial charge < -0.3 is 10.6 Å². The lowest BCUT2D eigenvalue weighted by molar-refractivity contribution is 0.242. The van der Waals surface area contributed by atoms with Crippen LogP contribution in [0.15, 0.2) is 36.8 Å². The topological polar surface area (TPSA) is 71.8 Å². The normalized spacial score (nSPS) is 9.94. The van der Waals surface area contributed by atoms with Crippen LogP contribution >= 0.6 is 0 Å². The molecule has 2 rings (SSSR count). The standard InChI is InChI=1S/C11H13N5O/c1-12-11(17)14-8-9-3-5-13-10(7-9)16-6-2-4-15-16/h2-7H,8H2,1H3,(H2,12,14,17). The molecule has 2 aromatic rings. The van der Waals surface area contributed by atoms with Crippen LogP contribution in [0, 0.1) is 0 Å². The summed E-state index contributed by atoms with van der Waals surface area (Å²) in [6.45, 7) is 0.455. The van der Waals surface area contributed by atoms with Crippen molar-refractivity contribution in [3.05, 3.63) is 42.4 Å². The molecule has 0 fully saturated rings. The summed E-state index contributed by atoms with van der Waals surface area (Å²) in [7, 11) is 1.58. The summed E-state index contributed by atoms with van der Waals surface area (Å²) in [5.41, 5.74) is 0.967. The lowest BCUT2D eigenvalue weighted by Gasteiger charge is -2.06. The van der Waals surface area contributed by atoms with Crippen LogP contribution in [0.2, 0.25) is 0 Å². The Kier molecular flexibility index (Phi) is 3.34. The van der Waals surface area contributed by atoms with Gasteiger partial charge in [0.25, 0.3) is 0 Å². The molecule has 0 aromatic carbocycles. The van der Waals surface area contributed by atoms with Crippen molar-refractivity contribution in [2.45, 2.75) is 6.54 Å². The summed E-state index contributed by atoms with van der Waals surface area (Å²) in [5, 5.41) is 9.30. The fourth-order valence-corrected chi connectivity index (χ4v) is 1.37. The zero-order valence-electron chi connectivity index (χ0n) is 9.42. The van der Waals surface area contributed by atoms with E-state index in [2.05, 4.69) is 20.7 Å². The van der Waals surface area contributed by atoms with Gasteiger partial charge in [0.15, 0.2) is 5.82 Å². The molecule has 2 aromatic heterocycles. The maximum atomic E-state index is 11.0. The lowest BCUT2D eigenvalue weighted by atomic mass is 10.2. The average Bonchev–Trinajstić information content (AvgIpc) is 2.90. The minimum atomic E-state index is -0.206. The number of nitrogens with zero attached hydrogens (tertiary/aromatic N) is 3. The highest BCUT2D eigenvalue weighted by molar-refractivity contribution is 5.73. The Morgan fingerprint density at radius 2 is 2.35 bits per heavy atom. The van der Waals surface area contributed by atoms with Gasteiger partial charge in [-0.25, -0.2) is 14.5 Å². The van der Waals surface area contributed by atoms with Crippen molar-refractivity contribution >= 4 is 6.03 Å². The van der Waals surface area contributed by atoms with Crippen molar-refractivity contribution in [2.24, 2.45) is 0 Å². The van der Waals surface area contributed by atoms with Crippen molar-refractivity contribution in [2.75, 3.05) is 7.05 Å². The van der Waals surface area contributed by atoms with E-state index in [1.807, 2.05) is 24.4 Å². The molecule has 2 heterocycles.